The van der Waals surface area contributed by atoms with Crippen molar-refractivity contribution < 1.29 is 9.90 Å². The van der Waals surface area contributed by atoms with E-state index in [1.54, 1.807) is 42.6 Å². The fourth-order valence-corrected chi connectivity index (χ4v) is 4.17. The Morgan fingerprint density at radius 2 is 1.97 bits per heavy atom. The number of hydrogen-bond donors (Lipinski definition) is 3. The monoisotopic (exact) mass is 454 g/mol. The molecule has 0 bridgehead atoms. The minimum Gasteiger partial charge on any atom is -0.508 e. The molecule has 0 saturated carbocycles. The normalized spacial score (nSPS) is 11.0. The number of phenols is 1. The zero-order valence-corrected chi connectivity index (χ0v) is 17.8. The SMILES string of the molecule is O=C(Nc1sc(N/N=C\c2cccc(O)c2)nc1-c1ccc(Cl)cc1)c1cccs1. The average molecular weight is 455 g/mol. The van der Waals surface area contributed by atoms with Gasteiger partial charge >= 0.3 is 0 Å². The average Bonchev–Trinajstić information content (AvgIpc) is 3.39. The number of nitrogens with one attached hydrogen (secondary N) is 2. The number of carbonyl (C=O) groups excluding carboxylic acids is 1. The first-order valence-electron chi connectivity index (χ1n) is 8.78. The van der Waals surface area contributed by atoms with E-state index in [1.807, 2.05) is 29.6 Å². The number of amides is 1. The first-order valence-corrected chi connectivity index (χ1v) is 10.9. The number of phenolic OH excluding ortho intramolecular Hbond substituents is 1. The number of halogens is 1. The quantitative estimate of drug-likeness (QED) is 0.249. The first kappa shape index (κ1) is 20.1. The Morgan fingerprint density at radius 1 is 1.13 bits per heavy atom. The van der Waals surface area contributed by atoms with Gasteiger partial charge in [-0.25, -0.2) is 4.98 Å². The van der Waals surface area contributed by atoms with Crippen LogP contribution in [0.4, 0.5) is 10.1 Å². The Labute approximate surface area is 185 Å². The molecule has 2 heterocycles. The van der Waals surface area contributed by atoms with Crippen LogP contribution in [-0.4, -0.2) is 22.2 Å². The zero-order valence-electron chi connectivity index (χ0n) is 15.4. The topological polar surface area (TPSA) is 86.6 Å². The molecule has 0 saturated heterocycles. The van der Waals surface area contributed by atoms with Gasteiger partial charge in [0.25, 0.3) is 5.91 Å². The molecule has 3 N–H and O–H groups in total. The zero-order chi connectivity index (χ0) is 20.9. The third-order valence-electron chi connectivity index (χ3n) is 3.96. The second-order valence-corrected chi connectivity index (χ2v) is 8.48. The number of thiazole rings is 1. The minimum absolute atomic E-state index is 0.164. The number of aromatic hydroxyl groups is 1. The third-order valence-corrected chi connectivity index (χ3v) is 5.96. The highest BCUT2D eigenvalue weighted by Gasteiger charge is 2.17. The smallest absolute Gasteiger partial charge is 0.266 e. The van der Waals surface area contributed by atoms with Crippen molar-refractivity contribution in [2.45, 2.75) is 0 Å². The van der Waals surface area contributed by atoms with E-state index in [1.165, 1.54) is 22.7 Å². The summed E-state index contributed by atoms with van der Waals surface area (Å²) in [6.45, 7) is 0. The highest BCUT2D eigenvalue weighted by atomic mass is 35.5. The number of aromatic nitrogens is 1. The predicted molar refractivity (Wildman–Crippen MR) is 124 cm³/mol. The van der Waals surface area contributed by atoms with Gasteiger partial charge < -0.3 is 10.4 Å². The van der Waals surface area contributed by atoms with Crippen LogP contribution in [0.15, 0.2) is 71.1 Å². The molecule has 1 amide bonds. The minimum atomic E-state index is -0.196. The lowest BCUT2D eigenvalue weighted by atomic mass is 10.1. The van der Waals surface area contributed by atoms with E-state index in [9.17, 15) is 9.90 Å². The van der Waals surface area contributed by atoms with Crippen LogP contribution in [0.2, 0.25) is 5.02 Å². The Bertz CT molecular complexity index is 1190. The van der Waals surface area contributed by atoms with Crippen molar-refractivity contribution in [1.29, 1.82) is 0 Å². The number of anilines is 2. The summed E-state index contributed by atoms with van der Waals surface area (Å²) in [5.74, 6) is -0.0320. The lowest BCUT2D eigenvalue weighted by Gasteiger charge is -2.04. The Balaban J connectivity index is 1.59. The van der Waals surface area contributed by atoms with Crippen LogP contribution in [0, 0.1) is 0 Å². The molecule has 0 aliphatic heterocycles. The summed E-state index contributed by atoms with van der Waals surface area (Å²) in [6.07, 6.45) is 1.58. The molecule has 0 spiro atoms. The first-order chi connectivity index (χ1) is 14.6. The molecule has 6 nitrogen and oxygen atoms in total. The van der Waals surface area contributed by atoms with E-state index >= 15 is 0 Å². The van der Waals surface area contributed by atoms with Crippen molar-refractivity contribution in [2.24, 2.45) is 5.10 Å². The van der Waals surface area contributed by atoms with E-state index in [0.717, 1.165) is 11.1 Å². The molecule has 0 atom stereocenters. The highest BCUT2D eigenvalue weighted by Crippen LogP contribution is 2.36. The Hall–Kier alpha value is -3.20. The maximum Gasteiger partial charge on any atom is 0.266 e. The molecule has 0 radical (unpaired) electrons. The molecule has 0 unspecified atom stereocenters. The van der Waals surface area contributed by atoms with Crippen LogP contribution >= 0.6 is 34.3 Å². The van der Waals surface area contributed by atoms with Gasteiger partial charge in [-0.05, 0) is 41.3 Å². The van der Waals surface area contributed by atoms with Crippen LogP contribution in [-0.2, 0) is 0 Å². The number of hydrogen-bond acceptors (Lipinski definition) is 7. The molecule has 30 heavy (non-hydrogen) atoms. The van der Waals surface area contributed by atoms with Gasteiger partial charge in [-0.1, -0.05) is 53.3 Å². The van der Waals surface area contributed by atoms with Gasteiger partial charge in [0.15, 0.2) is 0 Å². The third kappa shape index (κ3) is 4.85. The fraction of sp³-hybridized carbons (Fsp3) is 0. The molecule has 2 aromatic heterocycles. The van der Waals surface area contributed by atoms with Gasteiger partial charge in [0.05, 0.1) is 11.1 Å². The van der Waals surface area contributed by atoms with Gasteiger partial charge in [-0.3, -0.25) is 10.2 Å². The molecule has 9 heteroatoms. The summed E-state index contributed by atoms with van der Waals surface area (Å²) < 4.78 is 0. The maximum absolute atomic E-state index is 12.5. The second-order valence-electron chi connectivity index (χ2n) is 6.10. The molecular weight excluding hydrogens is 440 g/mol. The van der Waals surface area contributed by atoms with Gasteiger partial charge in [0, 0.05) is 10.6 Å². The lowest BCUT2D eigenvalue weighted by molar-refractivity contribution is 0.103. The molecular formula is C21H15ClN4O2S2. The standard InChI is InChI=1S/C21H15ClN4O2S2/c22-15-8-6-14(7-9-15)18-20(25-19(28)17-5-2-10-29-17)30-21(24-18)26-23-12-13-3-1-4-16(27)11-13/h1-12,27H,(H,24,26)(H,25,28)/b23-12-. The molecule has 0 aliphatic carbocycles. The summed E-state index contributed by atoms with van der Waals surface area (Å²) in [5, 5.41) is 20.2. The highest BCUT2D eigenvalue weighted by molar-refractivity contribution is 7.20. The van der Waals surface area contributed by atoms with Crippen LogP contribution in [0.1, 0.15) is 15.2 Å². The second kappa shape index (κ2) is 9.08. The van der Waals surface area contributed by atoms with Crippen LogP contribution in [0.3, 0.4) is 0 Å². The van der Waals surface area contributed by atoms with Crippen LogP contribution in [0.25, 0.3) is 11.3 Å². The number of benzene rings is 2. The van der Waals surface area contributed by atoms with Gasteiger partial charge in [0.2, 0.25) is 5.13 Å². The van der Waals surface area contributed by atoms with Gasteiger partial charge in [-0.15, -0.1) is 11.3 Å². The van der Waals surface area contributed by atoms with E-state index in [4.69, 9.17) is 11.6 Å². The summed E-state index contributed by atoms with van der Waals surface area (Å²) in [6, 6.07) is 17.6. The van der Waals surface area contributed by atoms with E-state index in [0.29, 0.717) is 25.7 Å². The van der Waals surface area contributed by atoms with E-state index in [2.05, 4.69) is 20.8 Å². The van der Waals surface area contributed by atoms with E-state index < -0.39 is 0 Å². The lowest BCUT2D eigenvalue weighted by Crippen LogP contribution is -2.09. The molecule has 0 aliphatic rings. The number of thiophene rings is 1. The summed E-state index contributed by atoms with van der Waals surface area (Å²) in [7, 11) is 0. The largest absolute Gasteiger partial charge is 0.508 e. The maximum atomic E-state index is 12.5. The summed E-state index contributed by atoms with van der Waals surface area (Å²) in [4.78, 5) is 17.7. The molecule has 4 rings (SSSR count). The molecule has 150 valence electrons. The number of nitrogens with zero attached hydrogens (tertiary/aromatic N) is 2. The number of carbonyl (C=O) groups is 1. The van der Waals surface area contributed by atoms with Gasteiger partial charge in [-0.2, -0.15) is 5.10 Å². The Morgan fingerprint density at radius 3 is 2.70 bits per heavy atom. The van der Waals surface area contributed by atoms with Crippen LogP contribution < -0.4 is 10.7 Å². The van der Waals surface area contributed by atoms with Gasteiger partial charge in [0.1, 0.15) is 16.4 Å². The molecule has 2 aromatic carbocycles. The Kier molecular flexibility index (Phi) is 6.08. The van der Waals surface area contributed by atoms with Crippen molar-refractivity contribution in [1.82, 2.24) is 4.98 Å². The molecule has 0 fully saturated rings. The number of rotatable bonds is 6. The van der Waals surface area contributed by atoms with Crippen molar-refractivity contribution in [3.05, 3.63) is 81.5 Å². The fourth-order valence-electron chi connectivity index (χ4n) is 2.60. The van der Waals surface area contributed by atoms with Crippen LogP contribution in [0.5, 0.6) is 5.75 Å². The summed E-state index contributed by atoms with van der Waals surface area (Å²) in [5.41, 5.74) is 5.07. The van der Waals surface area contributed by atoms with E-state index in [-0.39, 0.29) is 11.7 Å². The van der Waals surface area contributed by atoms with Crippen molar-refractivity contribution in [3.8, 4) is 17.0 Å². The van der Waals surface area contributed by atoms with Crippen molar-refractivity contribution in [2.75, 3.05) is 10.7 Å². The summed E-state index contributed by atoms with van der Waals surface area (Å²) >= 11 is 8.64. The number of hydrazone groups is 1. The van der Waals surface area contributed by atoms with Crippen molar-refractivity contribution in [3.63, 3.8) is 0 Å². The molecule has 4 aromatic rings. The predicted octanol–water partition coefficient (Wildman–Crippen LogP) is 5.93. The van der Waals surface area contributed by atoms with Crippen molar-refractivity contribution >= 4 is 56.5 Å².